The normalized spacial score (nSPS) is 24.2. The van der Waals surface area contributed by atoms with Crippen LogP contribution in [0.25, 0.3) is 0 Å². The summed E-state index contributed by atoms with van der Waals surface area (Å²) in [5.74, 6) is 0.125. The molecule has 26 heavy (non-hydrogen) atoms. The van der Waals surface area contributed by atoms with E-state index in [1.165, 1.54) is 24.3 Å². The minimum absolute atomic E-state index is 0.0244. The molecule has 1 amide bonds. The van der Waals surface area contributed by atoms with Crippen LogP contribution in [-0.4, -0.2) is 80.0 Å². The maximum absolute atomic E-state index is 12.7. The van der Waals surface area contributed by atoms with Crippen LogP contribution in [0.2, 0.25) is 0 Å². The Morgan fingerprint density at radius 1 is 1.19 bits per heavy atom. The third-order valence-corrected chi connectivity index (χ3v) is 5.02. The summed E-state index contributed by atoms with van der Waals surface area (Å²) >= 11 is 0. The Kier molecular flexibility index (Phi) is 6.39. The molecule has 0 spiro atoms. The van der Waals surface area contributed by atoms with E-state index in [4.69, 9.17) is 4.74 Å². The third-order valence-electron chi connectivity index (χ3n) is 5.02. The first-order chi connectivity index (χ1) is 12.6. The van der Waals surface area contributed by atoms with Crippen molar-refractivity contribution in [3.63, 3.8) is 0 Å². The molecule has 1 aromatic rings. The minimum Gasteiger partial charge on any atom is -0.435 e. The fourth-order valence-corrected chi connectivity index (χ4v) is 3.60. The Morgan fingerprint density at radius 2 is 1.85 bits per heavy atom. The lowest BCUT2D eigenvalue weighted by molar-refractivity contribution is -0.0498. The lowest BCUT2D eigenvalue weighted by Gasteiger charge is -2.30. The van der Waals surface area contributed by atoms with Crippen molar-refractivity contribution >= 4 is 5.91 Å². The fourth-order valence-electron chi connectivity index (χ4n) is 3.60. The second-order valence-corrected chi connectivity index (χ2v) is 6.73. The molecule has 6 nitrogen and oxygen atoms in total. The molecule has 0 unspecified atom stereocenters. The summed E-state index contributed by atoms with van der Waals surface area (Å²) in [7, 11) is 0. The number of halogens is 2. The van der Waals surface area contributed by atoms with Crippen LogP contribution in [0.1, 0.15) is 10.4 Å². The zero-order chi connectivity index (χ0) is 18.5. The minimum atomic E-state index is -2.89. The number of carbonyl (C=O) groups excluding carboxylic acids is 1. The van der Waals surface area contributed by atoms with Gasteiger partial charge in [0, 0.05) is 50.8 Å². The molecule has 2 atom stereocenters. The van der Waals surface area contributed by atoms with Crippen molar-refractivity contribution < 1.29 is 28.2 Å². The van der Waals surface area contributed by atoms with E-state index < -0.39 is 6.61 Å². The third kappa shape index (κ3) is 4.69. The summed E-state index contributed by atoms with van der Waals surface area (Å²) in [5.41, 5.74) is 0.426. The highest BCUT2D eigenvalue weighted by Gasteiger charge is 2.36. The van der Waals surface area contributed by atoms with Crippen molar-refractivity contribution in [3.05, 3.63) is 29.8 Å². The second kappa shape index (κ2) is 8.75. The van der Waals surface area contributed by atoms with Gasteiger partial charge in [-0.1, -0.05) is 0 Å². The van der Waals surface area contributed by atoms with Gasteiger partial charge in [0.2, 0.25) is 0 Å². The van der Waals surface area contributed by atoms with Crippen LogP contribution >= 0.6 is 0 Å². The molecular formula is C18H24F2N2O4. The number of ether oxygens (including phenoxy) is 2. The number of aliphatic hydroxyl groups excluding tert-OH is 1. The van der Waals surface area contributed by atoms with E-state index in [-0.39, 0.29) is 30.1 Å². The number of morpholine rings is 1. The lowest BCUT2D eigenvalue weighted by Crippen LogP contribution is -2.41. The van der Waals surface area contributed by atoms with E-state index in [1.807, 2.05) is 0 Å². The standard InChI is InChI=1S/C18H24F2N2O4/c19-18(20)26-16-3-1-13(2-4-16)17(24)22-10-14(15(11-22)12-23)9-21-5-7-25-8-6-21/h1-4,14-15,18,23H,5-12H2/t14-,15-/m1/s1. The number of alkyl halides is 2. The van der Waals surface area contributed by atoms with Gasteiger partial charge in [0.05, 0.1) is 13.2 Å². The molecule has 144 valence electrons. The van der Waals surface area contributed by atoms with E-state index in [9.17, 15) is 18.7 Å². The average molecular weight is 370 g/mol. The Hall–Kier alpha value is -1.77. The Balaban J connectivity index is 1.60. The number of rotatable bonds is 6. The van der Waals surface area contributed by atoms with Crippen molar-refractivity contribution in [1.82, 2.24) is 9.80 Å². The van der Waals surface area contributed by atoms with Crippen LogP contribution in [0, 0.1) is 11.8 Å². The van der Waals surface area contributed by atoms with Crippen molar-refractivity contribution in [2.45, 2.75) is 6.61 Å². The Morgan fingerprint density at radius 3 is 2.46 bits per heavy atom. The van der Waals surface area contributed by atoms with E-state index in [2.05, 4.69) is 9.64 Å². The topological polar surface area (TPSA) is 62.2 Å². The van der Waals surface area contributed by atoms with Gasteiger partial charge in [0.25, 0.3) is 5.91 Å². The van der Waals surface area contributed by atoms with Gasteiger partial charge in [0.1, 0.15) is 5.75 Å². The summed E-state index contributed by atoms with van der Waals surface area (Å²) < 4.78 is 34.1. The van der Waals surface area contributed by atoms with Crippen molar-refractivity contribution in [3.8, 4) is 5.75 Å². The van der Waals surface area contributed by atoms with E-state index in [1.54, 1.807) is 4.90 Å². The number of hydrogen-bond acceptors (Lipinski definition) is 5. The molecular weight excluding hydrogens is 346 g/mol. The van der Waals surface area contributed by atoms with Gasteiger partial charge < -0.3 is 19.5 Å². The summed E-state index contributed by atoms with van der Waals surface area (Å²) in [6, 6.07) is 5.71. The zero-order valence-electron chi connectivity index (χ0n) is 14.5. The first-order valence-corrected chi connectivity index (χ1v) is 8.82. The molecule has 1 aromatic carbocycles. The first-order valence-electron chi connectivity index (χ1n) is 8.82. The SMILES string of the molecule is O=C(c1ccc(OC(F)F)cc1)N1C[C@@H](CN2CCOCC2)[C@@H](CO)C1. The largest absolute Gasteiger partial charge is 0.435 e. The maximum Gasteiger partial charge on any atom is 0.387 e. The van der Waals surface area contributed by atoms with Crippen molar-refractivity contribution in [2.24, 2.45) is 11.8 Å². The van der Waals surface area contributed by atoms with Gasteiger partial charge in [-0.05, 0) is 30.2 Å². The molecule has 3 rings (SSSR count). The zero-order valence-corrected chi connectivity index (χ0v) is 14.5. The highest BCUT2D eigenvalue weighted by atomic mass is 19.3. The number of benzene rings is 1. The van der Waals surface area contributed by atoms with Crippen LogP contribution in [0.3, 0.4) is 0 Å². The summed E-state index contributed by atoms with van der Waals surface area (Å²) in [6.45, 7) is 2.23. The molecule has 1 N–H and O–H groups in total. The summed E-state index contributed by atoms with van der Waals surface area (Å²) in [6.07, 6.45) is 0. The maximum atomic E-state index is 12.7. The van der Waals surface area contributed by atoms with E-state index in [0.29, 0.717) is 31.9 Å². The molecule has 2 saturated heterocycles. The van der Waals surface area contributed by atoms with E-state index in [0.717, 1.165) is 19.6 Å². The molecule has 0 aromatic heterocycles. The van der Waals surface area contributed by atoms with Crippen molar-refractivity contribution in [1.29, 1.82) is 0 Å². The molecule has 8 heteroatoms. The Labute approximate surface area is 151 Å². The van der Waals surface area contributed by atoms with E-state index >= 15 is 0 Å². The van der Waals surface area contributed by atoms with Crippen molar-refractivity contribution in [2.75, 3.05) is 52.5 Å². The molecule has 0 saturated carbocycles. The van der Waals surface area contributed by atoms with Crippen LogP contribution < -0.4 is 4.74 Å². The predicted molar refractivity (Wildman–Crippen MR) is 90.3 cm³/mol. The summed E-state index contributed by atoms with van der Waals surface area (Å²) in [4.78, 5) is 16.7. The van der Waals surface area contributed by atoms with Crippen LogP contribution in [-0.2, 0) is 4.74 Å². The molecule has 2 aliphatic heterocycles. The Bertz CT molecular complexity index is 593. The molecule has 0 aliphatic carbocycles. The first kappa shape index (κ1) is 19.0. The average Bonchev–Trinajstić information content (AvgIpc) is 3.05. The second-order valence-electron chi connectivity index (χ2n) is 6.73. The van der Waals surface area contributed by atoms with Gasteiger partial charge in [-0.25, -0.2) is 0 Å². The monoisotopic (exact) mass is 370 g/mol. The van der Waals surface area contributed by atoms with Crippen LogP contribution in [0.15, 0.2) is 24.3 Å². The number of carbonyl (C=O) groups is 1. The van der Waals surface area contributed by atoms with Gasteiger partial charge in [-0.3, -0.25) is 9.69 Å². The van der Waals surface area contributed by atoms with Gasteiger partial charge in [0.15, 0.2) is 0 Å². The van der Waals surface area contributed by atoms with Gasteiger partial charge in [-0.2, -0.15) is 8.78 Å². The van der Waals surface area contributed by atoms with Gasteiger partial charge >= 0.3 is 6.61 Å². The number of amides is 1. The summed E-state index contributed by atoms with van der Waals surface area (Å²) in [5, 5.41) is 9.69. The molecule has 2 fully saturated rings. The molecule has 2 aliphatic rings. The number of hydrogen-bond donors (Lipinski definition) is 1. The fraction of sp³-hybridized carbons (Fsp3) is 0.611. The number of nitrogens with zero attached hydrogens (tertiary/aromatic N) is 2. The molecule has 0 radical (unpaired) electrons. The highest BCUT2D eigenvalue weighted by Crippen LogP contribution is 2.26. The predicted octanol–water partition coefficient (Wildman–Crippen LogP) is 1.30. The van der Waals surface area contributed by atoms with Gasteiger partial charge in [-0.15, -0.1) is 0 Å². The number of likely N-dealkylation sites (tertiary alicyclic amines) is 1. The highest BCUT2D eigenvalue weighted by molar-refractivity contribution is 5.94. The lowest BCUT2D eigenvalue weighted by atomic mass is 9.96. The smallest absolute Gasteiger partial charge is 0.387 e. The molecule has 0 bridgehead atoms. The van der Waals surface area contributed by atoms with Crippen LogP contribution in [0.5, 0.6) is 5.75 Å². The molecule has 2 heterocycles. The van der Waals surface area contributed by atoms with Crippen LogP contribution in [0.4, 0.5) is 8.78 Å². The quantitative estimate of drug-likeness (QED) is 0.818. The number of aliphatic hydroxyl groups is 1.